The standard InChI is InChI=1S/C14H18BrNO2/c1-9-6-16(7-10(9)2)8-12-4-3-11(14(17)18)5-13(12)15/h3-5,9-10H,6-8H2,1-2H3,(H,17,18). The molecular weight excluding hydrogens is 294 g/mol. The Morgan fingerprint density at radius 2 is 2.00 bits per heavy atom. The van der Waals surface area contributed by atoms with Gasteiger partial charge in [0, 0.05) is 24.1 Å². The van der Waals surface area contributed by atoms with Gasteiger partial charge < -0.3 is 5.11 Å². The van der Waals surface area contributed by atoms with Gasteiger partial charge in [-0.3, -0.25) is 4.90 Å². The van der Waals surface area contributed by atoms with Gasteiger partial charge in [0.2, 0.25) is 0 Å². The second-order valence-electron chi connectivity index (χ2n) is 5.26. The highest BCUT2D eigenvalue weighted by Gasteiger charge is 2.26. The SMILES string of the molecule is CC1CN(Cc2ccc(C(=O)O)cc2Br)CC1C. The molecule has 2 unspecified atom stereocenters. The molecular formula is C14H18BrNO2. The van der Waals surface area contributed by atoms with Gasteiger partial charge in [0.1, 0.15) is 0 Å². The molecule has 0 spiro atoms. The zero-order valence-corrected chi connectivity index (χ0v) is 12.3. The van der Waals surface area contributed by atoms with Gasteiger partial charge in [-0.1, -0.05) is 35.8 Å². The highest BCUT2D eigenvalue weighted by molar-refractivity contribution is 9.10. The van der Waals surface area contributed by atoms with Crippen molar-refractivity contribution in [3.8, 4) is 0 Å². The Labute approximate surface area is 116 Å². The van der Waals surface area contributed by atoms with E-state index in [0.717, 1.165) is 41.5 Å². The van der Waals surface area contributed by atoms with Gasteiger partial charge in [0.25, 0.3) is 0 Å². The first-order chi connectivity index (χ1) is 8.47. The van der Waals surface area contributed by atoms with Gasteiger partial charge in [0.15, 0.2) is 0 Å². The summed E-state index contributed by atoms with van der Waals surface area (Å²) in [4.78, 5) is 13.3. The maximum absolute atomic E-state index is 10.9. The number of carbonyl (C=O) groups is 1. The summed E-state index contributed by atoms with van der Waals surface area (Å²) in [5, 5.41) is 8.92. The number of benzene rings is 1. The second-order valence-corrected chi connectivity index (χ2v) is 6.11. The van der Waals surface area contributed by atoms with Gasteiger partial charge in [0.05, 0.1) is 5.56 Å². The van der Waals surface area contributed by atoms with E-state index < -0.39 is 5.97 Å². The quantitative estimate of drug-likeness (QED) is 0.931. The number of nitrogens with zero attached hydrogens (tertiary/aromatic N) is 1. The van der Waals surface area contributed by atoms with Crippen molar-refractivity contribution >= 4 is 21.9 Å². The predicted octanol–water partition coefficient (Wildman–Crippen LogP) is 3.24. The minimum absolute atomic E-state index is 0.328. The summed E-state index contributed by atoms with van der Waals surface area (Å²) in [6.07, 6.45) is 0. The number of carboxylic acid groups (broad SMARTS) is 1. The number of hydrogen-bond donors (Lipinski definition) is 1. The number of likely N-dealkylation sites (tertiary alicyclic amines) is 1. The van der Waals surface area contributed by atoms with Gasteiger partial charge in [-0.2, -0.15) is 0 Å². The molecule has 0 saturated carbocycles. The number of aromatic carboxylic acids is 1. The fourth-order valence-electron chi connectivity index (χ4n) is 2.43. The van der Waals surface area contributed by atoms with Crippen LogP contribution in [-0.2, 0) is 6.54 Å². The lowest BCUT2D eigenvalue weighted by molar-refractivity contribution is 0.0697. The molecule has 1 aliphatic rings. The van der Waals surface area contributed by atoms with E-state index in [0.29, 0.717) is 5.56 Å². The first kappa shape index (κ1) is 13.6. The van der Waals surface area contributed by atoms with Gasteiger partial charge in [-0.25, -0.2) is 4.79 Å². The largest absolute Gasteiger partial charge is 0.478 e. The Bertz CT molecular complexity index is 451. The molecule has 1 aromatic carbocycles. The lowest BCUT2D eigenvalue weighted by atomic mass is 10.0. The topological polar surface area (TPSA) is 40.5 Å². The Morgan fingerprint density at radius 1 is 1.39 bits per heavy atom. The number of carboxylic acids is 1. The van der Waals surface area contributed by atoms with Crippen LogP contribution in [0.25, 0.3) is 0 Å². The van der Waals surface area contributed by atoms with E-state index in [-0.39, 0.29) is 0 Å². The van der Waals surface area contributed by atoms with Gasteiger partial charge in [-0.15, -0.1) is 0 Å². The van der Waals surface area contributed by atoms with Crippen molar-refractivity contribution in [1.29, 1.82) is 0 Å². The van der Waals surface area contributed by atoms with Crippen molar-refractivity contribution in [2.45, 2.75) is 20.4 Å². The molecule has 3 nitrogen and oxygen atoms in total. The summed E-state index contributed by atoms with van der Waals surface area (Å²) >= 11 is 3.46. The highest BCUT2D eigenvalue weighted by Crippen LogP contribution is 2.26. The van der Waals surface area contributed by atoms with Crippen molar-refractivity contribution in [2.75, 3.05) is 13.1 Å². The normalized spacial score (nSPS) is 24.4. The maximum atomic E-state index is 10.9. The molecule has 1 saturated heterocycles. The van der Waals surface area contributed by atoms with E-state index in [9.17, 15) is 4.79 Å². The van der Waals surface area contributed by atoms with E-state index in [1.165, 1.54) is 0 Å². The molecule has 98 valence electrons. The molecule has 0 radical (unpaired) electrons. The van der Waals surface area contributed by atoms with Crippen molar-refractivity contribution in [1.82, 2.24) is 4.90 Å². The van der Waals surface area contributed by atoms with Crippen LogP contribution >= 0.6 is 15.9 Å². The Hall–Kier alpha value is -0.870. The molecule has 4 heteroatoms. The third kappa shape index (κ3) is 2.93. The van der Waals surface area contributed by atoms with Crippen molar-refractivity contribution < 1.29 is 9.90 Å². The van der Waals surface area contributed by atoms with Gasteiger partial charge >= 0.3 is 5.97 Å². The van der Waals surface area contributed by atoms with Crippen molar-refractivity contribution in [2.24, 2.45) is 11.8 Å². The number of halogens is 1. The summed E-state index contributed by atoms with van der Waals surface area (Å²) in [5.74, 6) is 0.592. The van der Waals surface area contributed by atoms with Crippen LogP contribution < -0.4 is 0 Å². The lowest BCUT2D eigenvalue weighted by Gasteiger charge is -2.16. The molecule has 1 heterocycles. The van der Waals surface area contributed by atoms with Crippen LogP contribution in [0.2, 0.25) is 0 Å². The van der Waals surface area contributed by atoms with E-state index in [4.69, 9.17) is 5.11 Å². The summed E-state index contributed by atoms with van der Waals surface area (Å²) in [6, 6.07) is 5.26. The van der Waals surface area contributed by atoms with E-state index in [1.807, 2.05) is 6.07 Å². The molecule has 18 heavy (non-hydrogen) atoms. The molecule has 0 amide bonds. The Morgan fingerprint density at radius 3 is 2.50 bits per heavy atom. The van der Waals surface area contributed by atoms with Crippen LogP contribution in [0, 0.1) is 11.8 Å². The average molecular weight is 312 g/mol. The molecule has 1 fully saturated rings. The van der Waals surface area contributed by atoms with Crippen LogP contribution in [0.1, 0.15) is 29.8 Å². The highest BCUT2D eigenvalue weighted by atomic mass is 79.9. The Kier molecular flexibility index (Phi) is 4.07. The zero-order valence-electron chi connectivity index (χ0n) is 10.7. The van der Waals surface area contributed by atoms with E-state index in [1.54, 1.807) is 12.1 Å². The fourth-order valence-corrected chi connectivity index (χ4v) is 2.93. The van der Waals surface area contributed by atoms with Crippen molar-refractivity contribution in [3.63, 3.8) is 0 Å². The zero-order chi connectivity index (χ0) is 13.3. The van der Waals surface area contributed by atoms with Crippen LogP contribution in [0.3, 0.4) is 0 Å². The molecule has 2 rings (SSSR count). The first-order valence-corrected chi connectivity index (χ1v) is 7.00. The van der Waals surface area contributed by atoms with Gasteiger partial charge in [-0.05, 0) is 29.5 Å². The smallest absolute Gasteiger partial charge is 0.335 e. The summed E-state index contributed by atoms with van der Waals surface area (Å²) in [7, 11) is 0. The number of rotatable bonds is 3. The lowest BCUT2D eigenvalue weighted by Crippen LogP contribution is -2.20. The van der Waals surface area contributed by atoms with Crippen molar-refractivity contribution in [3.05, 3.63) is 33.8 Å². The molecule has 1 aliphatic heterocycles. The summed E-state index contributed by atoms with van der Waals surface area (Å²) in [6.45, 7) is 7.69. The molecule has 1 N–H and O–H groups in total. The second kappa shape index (κ2) is 5.41. The third-order valence-corrected chi connectivity index (χ3v) is 4.50. The first-order valence-electron chi connectivity index (χ1n) is 6.21. The molecule has 1 aromatic rings. The van der Waals surface area contributed by atoms with Crippen LogP contribution in [0.4, 0.5) is 0 Å². The predicted molar refractivity (Wildman–Crippen MR) is 74.7 cm³/mol. The third-order valence-electron chi connectivity index (χ3n) is 3.76. The maximum Gasteiger partial charge on any atom is 0.335 e. The molecule has 0 aliphatic carbocycles. The average Bonchev–Trinajstić information content (AvgIpc) is 2.61. The molecule has 0 aromatic heterocycles. The molecule has 0 bridgehead atoms. The fraction of sp³-hybridized carbons (Fsp3) is 0.500. The van der Waals surface area contributed by atoms with Crippen LogP contribution in [0.15, 0.2) is 22.7 Å². The van der Waals surface area contributed by atoms with Crippen LogP contribution in [-0.4, -0.2) is 29.1 Å². The summed E-state index contributed by atoms with van der Waals surface area (Å²) < 4.78 is 0.884. The Balaban J connectivity index is 2.08. The summed E-state index contributed by atoms with van der Waals surface area (Å²) in [5.41, 5.74) is 1.48. The minimum atomic E-state index is -0.884. The van der Waals surface area contributed by atoms with E-state index >= 15 is 0 Å². The van der Waals surface area contributed by atoms with E-state index in [2.05, 4.69) is 34.7 Å². The van der Waals surface area contributed by atoms with Crippen LogP contribution in [0.5, 0.6) is 0 Å². The number of hydrogen-bond acceptors (Lipinski definition) is 2. The monoisotopic (exact) mass is 311 g/mol. The molecule has 2 atom stereocenters. The minimum Gasteiger partial charge on any atom is -0.478 e.